The molecule has 2 amide bonds. The van der Waals surface area contributed by atoms with E-state index in [1.54, 1.807) is 31.2 Å². The highest BCUT2D eigenvalue weighted by atomic mass is 35.5. The van der Waals surface area contributed by atoms with Gasteiger partial charge in [0.05, 0.1) is 0 Å². The minimum absolute atomic E-state index is 0. The van der Waals surface area contributed by atoms with Crippen LogP contribution in [0.25, 0.3) is 0 Å². The average molecular weight is 356 g/mol. The summed E-state index contributed by atoms with van der Waals surface area (Å²) >= 11 is 0. The van der Waals surface area contributed by atoms with Gasteiger partial charge in [-0.1, -0.05) is 12.5 Å². The van der Waals surface area contributed by atoms with E-state index in [0.717, 1.165) is 19.3 Å². The molecule has 134 valence electrons. The molecule has 1 unspecified atom stereocenters. The van der Waals surface area contributed by atoms with Crippen LogP contribution in [0.2, 0.25) is 0 Å². The molecule has 0 bridgehead atoms. The van der Waals surface area contributed by atoms with Gasteiger partial charge in [0.2, 0.25) is 5.91 Å². The fraction of sp³-hybridized carbons (Fsp3) is 0.529. The Balaban J connectivity index is 0.00000288. The molecule has 0 spiro atoms. The van der Waals surface area contributed by atoms with E-state index in [0.29, 0.717) is 17.8 Å². The van der Waals surface area contributed by atoms with Gasteiger partial charge >= 0.3 is 0 Å². The standard InChI is InChI=1S/C17H25N3O3.ClH/c1-11(23-2)17(22)20-14-7-4-6-13(10-14)19-16(21)9-12-5-3-8-15(12)18;/h4,6-7,10-12,15H,3,5,8-9,18H2,1-2H3,(H,19,21)(H,20,22);1H/t11?,12-,15+;/m0./s1. The third kappa shape index (κ3) is 5.78. The summed E-state index contributed by atoms with van der Waals surface area (Å²) in [5, 5.41) is 5.62. The second kappa shape index (κ2) is 9.61. The molecule has 1 fully saturated rings. The topological polar surface area (TPSA) is 93.5 Å². The molecule has 7 heteroatoms. The van der Waals surface area contributed by atoms with Crippen LogP contribution in [-0.4, -0.2) is 31.1 Å². The Hall–Kier alpha value is -1.63. The monoisotopic (exact) mass is 355 g/mol. The van der Waals surface area contributed by atoms with Gasteiger partial charge in [0.25, 0.3) is 5.91 Å². The Morgan fingerprint density at radius 1 is 1.29 bits per heavy atom. The van der Waals surface area contributed by atoms with E-state index < -0.39 is 6.10 Å². The van der Waals surface area contributed by atoms with Crippen molar-refractivity contribution in [2.75, 3.05) is 17.7 Å². The van der Waals surface area contributed by atoms with E-state index in [9.17, 15) is 9.59 Å². The van der Waals surface area contributed by atoms with Crippen LogP contribution in [-0.2, 0) is 14.3 Å². The number of ether oxygens (including phenoxy) is 1. The molecule has 0 aromatic heterocycles. The summed E-state index contributed by atoms with van der Waals surface area (Å²) in [6.45, 7) is 1.67. The summed E-state index contributed by atoms with van der Waals surface area (Å²) in [5.74, 6) is -0.00516. The van der Waals surface area contributed by atoms with Gasteiger partial charge in [-0.2, -0.15) is 0 Å². The number of benzene rings is 1. The van der Waals surface area contributed by atoms with Crippen LogP contribution in [0.5, 0.6) is 0 Å². The van der Waals surface area contributed by atoms with E-state index in [1.165, 1.54) is 7.11 Å². The Morgan fingerprint density at radius 2 is 1.96 bits per heavy atom. The maximum Gasteiger partial charge on any atom is 0.253 e. The lowest BCUT2D eigenvalue weighted by Gasteiger charge is -2.15. The predicted molar refractivity (Wildman–Crippen MR) is 97.4 cm³/mol. The molecule has 0 saturated heterocycles. The van der Waals surface area contributed by atoms with Gasteiger partial charge < -0.3 is 21.1 Å². The first-order chi connectivity index (χ1) is 11.0. The maximum atomic E-state index is 12.1. The molecule has 24 heavy (non-hydrogen) atoms. The molecular formula is C17H26ClN3O3. The number of methoxy groups -OCH3 is 1. The minimum atomic E-state index is -0.530. The van der Waals surface area contributed by atoms with Gasteiger partial charge in [0.1, 0.15) is 6.10 Å². The second-order valence-corrected chi connectivity index (χ2v) is 6.06. The Labute approximate surface area is 148 Å². The molecule has 1 aliphatic carbocycles. The number of nitrogens with two attached hydrogens (primary N) is 1. The number of nitrogens with one attached hydrogen (secondary N) is 2. The minimum Gasteiger partial charge on any atom is -0.372 e. The molecule has 0 heterocycles. The van der Waals surface area contributed by atoms with Crippen LogP contribution >= 0.6 is 12.4 Å². The van der Waals surface area contributed by atoms with Gasteiger partial charge in [0, 0.05) is 30.9 Å². The van der Waals surface area contributed by atoms with Crippen molar-refractivity contribution in [1.82, 2.24) is 0 Å². The van der Waals surface area contributed by atoms with E-state index in [2.05, 4.69) is 10.6 Å². The van der Waals surface area contributed by atoms with E-state index in [4.69, 9.17) is 10.5 Å². The van der Waals surface area contributed by atoms with Crippen LogP contribution in [0, 0.1) is 5.92 Å². The van der Waals surface area contributed by atoms with Gasteiger partial charge in [-0.15, -0.1) is 12.4 Å². The number of hydrogen-bond donors (Lipinski definition) is 3. The van der Waals surface area contributed by atoms with Crippen molar-refractivity contribution in [1.29, 1.82) is 0 Å². The summed E-state index contributed by atoms with van der Waals surface area (Å²) in [6, 6.07) is 7.20. The van der Waals surface area contributed by atoms with Crippen LogP contribution < -0.4 is 16.4 Å². The highest BCUT2D eigenvalue weighted by molar-refractivity contribution is 5.95. The van der Waals surface area contributed by atoms with Crippen molar-refractivity contribution in [3.8, 4) is 0 Å². The van der Waals surface area contributed by atoms with Gasteiger partial charge in [-0.05, 0) is 43.9 Å². The third-order valence-corrected chi connectivity index (χ3v) is 4.30. The predicted octanol–water partition coefficient (Wildman–Crippen LogP) is 2.54. The van der Waals surface area contributed by atoms with E-state index >= 15 is 0 Å². The highest BCUT2D eigenvalue weighted by Gasteiger charge is 2.26. The molecule has 1 aliphatic rings. The number of carbonyl (C=O) groups is 2. The van der Waals surface area contributed by atoms with Gasteiger partial charge in [0.15, 0.2) is 0 Å². The first kappa shape index (κ1) is 20.4. The fourth-order valence-electron chi connectivity index (χ4n) is 2.79. The number of rotatable bonds is 6. The number of amides is 2. The number of anilines is 2. The van der Waals surface area contributed by atoms with Crippen molar-refractivity contribution in [2.24, 2.45) is 11.7 Å². The van der Waals surface area contributed by atoms with Crippen LogP contribution in [0.4, 0.5) is 11.4 Å². The summed E-state index contributed by atoms with van der Waals surface area (Å²) in [6.07, 6.45) is 3.02. The van der Waals surface area contributed by atoms with Crippen molar-refractivity contribution in [2.45, 2.75) is 44.8 Å². The smallest absolute Gasteiger partial charge is 0.253 e. The van der Waals surface area contributed by atoms with Crippen LogP contribution in [0.1, 0.15) is 32.6 Å². The van der Waals surface area contributed by atoms with Crippen LogP contribution in [0.15, 0.2) is 24.3 Å². The first-order valence-electron chi connectivity index (χ1n) is 7.98. The SMILES string of the molecule is COC(C)C(=O)Nc1cccc(NC(=O)C[C@@H]2CCC[C@H]2N)c1.Cl. The fourth-order valence-corrected chi connectivity index (χ4v) is 2.79. The highest BCUT2D eigenvalue weighted by Crippen LogP contribution is 2.27. The molecule has 2 rings (SSSR count). The Kier molecular flexibility index (Phi) is 8.18. The van der Waals surface area contributed by atoms with Crippen molar-refractivity contribution in [3.63, 3.8) is 0 Å². The largest absolute Gasteiger partial charge is 0.372 e. The second-order valence-electron chi connectivity index (χ2n) is 6.06. The van der Waals surface area contributed by atoms with Crippen molar-refractivity contribution < 1.29 is 14.3 Å². The lowest BCUT2D eigenvalue weighted by atomic mass is 10.00. The van der Waals surface area contributed by atoms with Crippen LogP contribution in [0.3, 0.4) is 0 Å². The number of halogens is 1. The van der Waals surface area contributed by atoms with Crippen molar-refractivity contribution >= 4 is 35.6 Å². The molecule has 1 saturated carbocycles. The zero-order valence-corrected chi connectivity index (χ0v) is 14.9. The molecule has 6 nitrogen and oxygen atoms in total. The molecule has 1 aromatic rings. The first-order valence-corrected chi connectivity index (χ1v) is 7.98. The number of hydrogen-bond acceptors (Lipinski definition) is 4. The summed E-state index contributed by atoms with van der Waals surface area (Å²) in [4.78, 5) is 23.9. The Morgan fingerprint density at radius 3 is 2.54 bits per heavy atom. The quantitative estimate of drug-likeness (QED) is 0.731. The molecule has 0 radical (unpaired) electrons. The summed E-state index contributed by atoms with van der Waals surface area (Å²) in [5.41, 5.74) is 7.28. The molecule has 0 aliphatic heterocycles. The van der Waals surface area contributed by atoms with Gasteiger partial charge in [-0.25, -0.2) is 0 Å². The zero-order chi connectivity index (χ0) is 16.8. The maximum absolute atomic E-state index is 12.1. The normalized spacial score (nSPS) is 20.8. The molecular weight excluding hydrogens is 330 g/mol. The molecule has 4 N–H and O–H groups in total. The summed E-state index contributed by atoms with van der Waals surface area (Å²) < 4.78 is 4.97. The zero-order valence-electron chi connectivity index (χ0n) is 14.1. The lowest BCUT2D eigenvalue weighted by molar-refractivity contribution is -0.124. The van der Waals surface area contributed by atoms with Crippen molar-refractivity contribution in [3.05, 3.63) is 24.3 Å². The van der Waals surface area contributed by atoms with Gasteiger partial charge in [-0.3, -0.25) is 9.59 Å². The average Bonchev–Trinajstić information content (AvgIpc) is 2.91. The van der Waals surface area contributed by atoms with E-state index in [-0.39, 0.29) is 36.2 Å². The van der Waals surface area contributed by atoms with E-state index in [1.807, 2.05) is 0 Å². The molecule has 3 atom stereocenters. The third-order valence-electron chi connectivity index (χ3n) is 4.30. The number of carbonyl (C=O) groups excluding carboxylic acids is 2. The molecule has 1 aromatic carbocycles. The Bertz CT molecular complexity index is 568. The lowest BCUT2D eigenvalue weighted by Crippen LogP contribution is -2.28. The summed E-state index contributed by atoms with van der Waals surface area (Å²) in [7, 11) is 1.48.